The summed E-state index contributed by atoms with van der Waals surface area (Å²) in [6.45, 7) is 2.75. The number of halogens is 1. The summed E-state index contributed by atoms with van der Waals surface area (Å²) in [6.07, 6.45) is 3.87. The van der Waals surface area contributed by atoms with Crippen molar-refractivity contribution in [2.75, 3.05) is 19.9 Å². The Kier molecular flexibility index (Phi) is 3.67. The predicted octanol–water partition coefficient (Wildman–Crippen LogP) is 1.73. The van der Waals surface area contributed by atoms with Crippen LogP contribution in [0.1, 0.15) is 17.2 Å². The molecule has 1 aromatic carbocycles. The van der Waals surface area contributed by atoms with Gasteiger partial charge >= 0.3 is 0 Å². The SMILES string of the molecule is Cn1cnc([C@@H]2CN(Cc3cc(Cl)c4c(c3)OCO4)C[C@H]2N)c1. The first kappa shape index (κ1) is 14.8. The summed E-state index contributed by atoms with van der Waals surface area (Å²) in [4.78, 5) is 6.78. The second-order valence-corrected chi connectivity index (χ2v) is 6.65. The van der Waals surface area contributed by atoms with Crippen molar-refractivity contribution in [1.29, 1.82) is 0 Å². The molecule has 2 aliphatic heterocycles. The highest BCUT2D eigenvalue weighted by Gasteiger charge is 2.33. The second-order valence-electron chi connectivity index (χ2n) is 6.24. The fraction of sp³-hybridized carbons (Fsp3) is 0.438. The van der Waals surface area contributed by atoms with Crippen LogP contribution in [0.3, 0.4) is 0 Å². The maximum absolute atomic E-state index is 6.32. The quantitative estimate of drug-likeness (QED) is 0.926. The largest absolute Gasteiger partial charge is 0.454 e. The Morgan fingerprint density at radius 2 is 2.22 bits per heavy atom. The monoisotopic (exact) mass is 334 g/mol. The number of ether oxygens (including phenoxy) is 2. The lowest BCUT2D eigenvalue weighted by atomic mass is 10.0. The average Bonchev–Trinajstić information content (AvgIpc) is 3.19. The fourth-order valence-corrected chi connectivity index (χ4v) is 3.64. The number of nitrogens with two attached hydrogens (primary N) is 1. The van der Waals surface area contributed by atoms with Crippen molar-refractivity contribution >= 4 is 11.6 Å². The molecule has 2 aliphatic rings. The zero-order valence-electron chi connectivity index (χ0n) is 12.9. The number of hydrogen-bond acceptors (Lipinski definition) is 5. The van der Waals surface area contributed by atoms with E-state index in [1.807, 2.05) is 36.3 Å². The van der Waals surface area contributed by atoms with Crippen LogP contribution >= 0.6 is 11.6 Å². The average molecular weight is 335 g/mol. The number of imidazole rings is 1. The van der Waals surface area contributed by atoms with Gasteiger partial charge in [0.25, 0.3) is 0 Å². The summed E-state index contributed by atoms with van der Waals surface area (Å²) < 4.78 is 12.7. The van der Waals surface area contributed by atoms with E-state index in [0.717, 1.165) is 36.6 Å². The Bertz CT molecular complexity index is 733. The molecule has 0 aliphatic carbocycles. The van der Waals surface area contributed by atoms with Crippen LogP contribution in [0, 0.1) is 0 Å². The number of likely N-dealkylation sites (tertiary alicyclic amines) is 1. The van der Waals surface area contributed by atoms with Crippen molar-refractivity contribution in [2.24, 2.45) is 12.8 Å². The smallest absolute Gasteiger partial charge is 0.231 e. The molecule has 7 heteroatoms. The van der Waals surface area contributed by atoms with Gasteiger partial charge in [-0.3, -0.25) is 4.90 Å². The van der Waals surface area contributed by atoms with Gasteiger partial charge in [0.15, 0.2) is 11.5 Å². The summed E-state index contributed by atoms with van der Waals surface area (Å²) in [5, 5.41) is 0.597. The Balaban J connectivity index is 1.49. The number of hydrogen-bond donors (Lipinski definition) is 1. The van der Waals surface area contributed by atoms with Crippen molar-refractivity contribution < 1.29 is 9.47 Å². The summed E-state index contributed by atoms with van der Waals surface area (Å²) in [6, 6.07) is 4.03. The third-order valence-electron chi connectivity index (χ3n) is 4.44. The van der Waals surface area contributed by atoms with Gasteiger partial charge in [-0.05, 0) is 17.7 Å². The topological polar surface area (TPSA) is 65.5 Å². The van der Waals surface area contributed by atoms with E-state index in [-0.39, 0.29) is 18.8 Å². The minimum atomic E-state index is 0.0920. The highest BCUT2D eigenvalue weighted by molar-refractivity contribution is 6.32. The van der Waals surface area contributed by atoms with Crippen molar-refractivity contribution in [1.82, 2.24) is 14.5 Å². The predicted molar refractivity (Wildman–Crippen MR) is 86.8 cm³/mol. The van der Waals surface area contributed by atoms with Crippen molar-refractivity contribution in [3.63, 3.8) is 0 Å². The number of fused-ring (bicyclic) bond motifs is 1. The van der Waals surface area contributed by atoms with Gasteiger partial charge in [-0.25, -0.2) is 4.98 Å². The zero-order chi connectivity index (χ0) is 16.0. The molecule has 1 fully saturated rings. The summed E-state index contributed by atoms with van der Waals surface area (Å²) in [5.41, 5.74) is 8.49. The van der Waals surface area contributed by atoms with E-state index in [1.165, 1.54) is 0 Å². The first-order valence-electron chi connectivity index (χ1n) is 7.64. The van der Waals surface area contributed by atoms with E-state index in [2.05, 4.69) is 9.88 Å². The lowest BCUT2D eigenvalue weighted by Gasteiger charge is -2.16. The number of aryl methyl sites for hydroxylation is 1. The molecule has 23 heavy (non-hydrogen) atoms. The van der Waals surface area contributed by atoms with Crippen LogP contribution in [0.5, 0.6) is 11.5 Å². The normalized spacial score (nSPS) is 23.6. The molecule has 0 saturated carbocycles. The van der Waals surface area contributed by atoms with Crippen LogP contribution in [0.25, 0.3) is 0 Å². The molecule has 122 valence electrons. The Morgan fingerprint density at radius 3 is 3.00 bits per heavy atom. The number of aromatic nitrogens is 2. The molecule has 0 amide bonds. The Hall–Kier alpha value is -1.76. The number of benzene rings is 1. The van der Waals surface area contributed by atoms with Gasteiger partial charge in [0.1, 0.15) is 0 Å². The molecule has 1 aromatic heterocycles. The molecule has 4 rings (SSSR count). The first-order chi connectivity index (χ1) is 11.1. The highest BCUT2D eigenvalue weighted by Crippen LogP contribution is 2.40. The summed E-state index contributed by atoms with van der Waals surface area (Å²) in [7, 11) is 1.98. The van der Waals surface area contributed by atoms with Crippen molar-refractivity contribution in [2.45, 2.75) is 18.5 Å². The van der Waals surface area contributed by atoms with Gasteiger partial charge in [-0.15, -0.1) is 0 Å². The van der Waals surface area contributed by atoms with E-state index >= 15 is 0 Å². The Labute approximate surface area is 139 Å². The molecule has 0 radical (unpaired) electrons. The van der Waals surface area contributed by atoms with Crippen LogP contribution < -0.4 is 15.2 Å². The van der Waals surface area contributed by atoms with Crippen LogP contribution in [0.2, 0.25) is 5.02 Å². The van der Waals surface area contributed by atoms with Crippen molar-refractivity contribution in [3.8, 4) is 11.5 Å². The maximum Gasteiger partial charge on any atom is 0.231 e. The third-order valence-corrected chi connectivity index (χ3v) is 4.72. The highest BCUT2D eigenvalue weighted by atomic mass is 35.5. The minimum absolute atomic E-state index is 0.0920. The van der Waals surface area contributed by atoms with Crippen LogP contribution in [-0.4, -0.2) is 40.4 Å². The molecule has 3 heterocycles. The summed E-state index contributed by atoms with van der Waals surface area (Å²) in [5.74, 6) is 1.62. The van der Waals surface area contributed by atoms with E-state index in [1.54, 1.807) is 0 Å². The molecule has 6 nitrogen and oxygen atoms in total. The van der Waals surface area contributed by atoms with Crippen LogP contribution in [0.15, 0.2) is 24.7 Å². The lowest BCUT2D eigenvalue weighted by molar-refractivity contribution is 0.174. The van der Waals surface area contributed by atoms with E-state index < -0.39 is 0 Å². The Morgan fingerprint density at radius 1 is 1.35 bits per heavy atom. The molecule has 0 unspecified atom stereocenters. The van der Waals surface area contributed by atoms with Gasteiger partial charge in [-0.2, -0.15) is 0 Å². The molecule has 2 aromatic rings. The first-order valence-corrected chi connectivity index (χ1v) is 8.02. The molecule has 2 atom stereocenters. The van der Waals surface area contributed by atoms with Crippen LogP contribution in [0.4, 0.5) is 0 Å². The van der Waals surface area contributed by atoms with Gasteiger partial charge in [-0.1, -0.05) is 11.6 Å². The second kappa shape index (κ2) is 5.70. The third kappa shape index (κ3) is 2.78. The molecule has 0 spiro atoms. The lowest BCUT2D eigenvalue weighted by Crippen LogP contribution is -2.28. The number of rotatable bonds is 3. The summed E-state index contributed by atoms with van der Waals surface area (Å²) >= 11 is 6.26. The zero-order valence-corrected chi connectivity index (χ0v) is 13.7. The maximum atomic E-state index is 6.32. The van der Waals surface area contributed by atoms with Gasteiger partial charge in [0.2, 0.25) is 6.79 Å². The van der Waals surface area contributed by atoms with E-state index in [9.17, 15) is 0 Å². The molecule has 1 saturated heterocycles. The molecule has 0 bridgehead atoms. The minimum Gasteiger partial charge on any atom is -0.454 e. The van der Waals surface area contributed by atoms with Gasteiger partial charge in [0.05, 0.1) is 17.0 Å². The number of nitrogens with zero attached hydrogens (tertiary/aromatic N) is 3. The van der Waals surface area contributed by atoms with E-state index in [0.29, 0.717) is 10.8 Å². The van der Waals surface area contributed by atoms with Crippen LogP contribution in [-0.2, 0) is 13.6 Å². The molecular weight excluding hydrogens is 316 g/mol. The standard InChI is InChI=1S/C16H19ClN4O2/c1-20-7-14(19-8-20)11-5-21(6-13(11)18)4-10-2-12(17)16-15(3-10)22-9-23-16/h2-3,7-8,11,13H,4-6,9,18H2,1H3/t11-,13-/m1/s1. The van der Waals surface area contributed by atoms with Gasteiger partial charge in [0, 0.05) is 44.8 Å². The van der Waals surface area contributed by atoms with Crippen molar-refractivity contribution in [3.05, 3.63) is 40.9 Å². The fourth-order valence-electron chi connectivity index (χ4n) is 3.35. The molecular formula is C16H19ClN4O2. The molecule has 2 N–H and O–H groups in total. The van der Waals surface area contributed by atoms with E-state index in [4.69, 9.17) is 26.8 Å². The van der Waals surface area contributed by atoms with Gasteiger partial charge < -0.3 is 19.8 Å².